The molecule has 2 nitrogen and oxygen atoms in total. The minimum absolute atomic E-state index is 0.505. The van der Waals surface area contributed by atoms with Crippen molar-refractivity contribution in [2.75, 3.05) is 7.11 Å². The van der Waals surface area contributed by atoms with E-state index in [0.29, 0.717) is 5.15 Å². The Labute approximate surface area is 95.0 Å². The molecule has 0 saturated carbocycles. The number of aromatic nitrogens is 1. The highest BCUT2D eigenvalue weighted by Gasteiger charge is 2.07. The van der Waals surface area contributed by atoms with Crippen LogP contribution in [0.2, 0.25) is 5.15 Å². The second kappa shape index (κ2) is 3.75. The molecule has 0 aliphatic rings. The number of hydrogen-bond donors (Lipinski definition) is 0. The fourth-order valence-corrected chi connectivity index (χ4v) is 2.18. The lowest BCUT2D eigenvalue weighted by atomic mass is 10.2. The lowest BCUT2D eigenvalue weighted by molar-refractivity contribution is 0.413. The van der Waals surface area contributed by atoms with Gasteiger partial charge in [0, 0.05) is 17.0 Å². The monoisotopic (exact) mass is 271 g/mol. The Kier molecular flexibility index (Phi) is 2.61. The van der Waals surface area contributed by atoms with Crippen LogP contribution in [0.3, 0.4) is 0 Å². The molecule has 4 heteroatoms. The molecule has 2 rings (SSSR count). The van der Waals surface area contributed by atoms with Gasteiger partial charge in [-0.25, -0.2) is 4.98 Å². The predicted octanol–water partition coefficient (Wildman–Crippen LogP) is 3.66. The van der Waals surface area contributed by atoms with E-state index in [0.717, 1.165) is 21.0 Å². The van der Waals surface area contributed by atoms with Gasteiger partial charge in [0.25, 0.3) is 0 Å². The molecule has 0 spiro atoms. The second-order valence-electron chi connectivity index (χ2n) is 2.78. The van der Waals surface area contributed by atoms with Crippen molar-refractivity contribution in [1.82, 2.24) is 4.98 Å². The Balaban J connectivity index is 2.84. The Hall–Kier alpha value is -0.800. The first-order valence-electron chi connectivity index (χ1n) is 4.00. The fraction of sp³-hybridized carbons (Fsp3) is 0.100. The third-order valence-corrected chi connectivity index (χ3v) is 3.13. The Morgan fingerprint density at radius 1 is 1.29 bits per heavy atom. The summed E-state index contributed by atoms with van der Waals surface area (Å²) >= 11 is 9.42. The van der Waals surface area contributed by atoms with Gasteiger partial charge in [-0.15, -0.1) is 0 Å². The summed E-state index contributed by atoms with van der Waals surface area (Å²) in [4.78, 5) is 4.01. The van der Waals surface area contributed by atoms with Crippen LogP contribution in [0.5, 0.6) is 5.75 Å². The van der Waals surface area contributed by atoms with Crippen molar-refractivity contribution in [3.63, 3.8) is 0 Å². The second-order valence-corrected chi connectivity index (χ2v) is 3.93. The maximum atomic E-state index is 5.95. The SMILES string of the molecule is COc1ccc2c(Cl)nccc2c1Br. The molecule has 1 aromatic heterocycles. The van der Waals surface area contributed by atoms with E-state index in [9.17, 15) is 0 Å². The molecule has 0 bridgehead atoms. The van der Waals surface area contributed by atoms with E-state index in [2.05, 4.69) is 20.9 Å². The van der Waals surface area contributed by atoms with Gasteiger partial charge in [-0.1, -0.05) is 11.6 Å². The molecule has 72 valence electrons. The normalized spacial score (nSPS) is 10.5. The molecule has 0 saturated heterocycles. The highest BCUT2D eigenvalue weighted by atomic mass is 79.9. The molecule has 0 aliphatic carbocycles. The van der Waals surface area contributed by atoms with Gasteiger partial charge in [-0.05, 0) is 34.1 Å². The average molecular weight is 273 g/mol. The molecule has 0 fully saturated rings. The zero-order chi connectivity index (χ0) is 10.1. The average Bonchev–Trinajstić information content (AvgIpc) is 2.20. The van der Waals surface area contributed by atoms with Crippen molar-refractivity contribution in [2.24, 2.45) is 0 Å². The van der Waals surface area contributed by atoms with Crippen LogP contribution in [0.15, 0.2) is 28.9 Å². The molecule has 14 heavy (non-hydrogen) atoms. The zero-order valence-electron chi connectivity index (χ0n) is 7.42. The number of ether oxygens (including phenoxy) is 1. The van der Waals surface area contributed by atoms with E-state index in [-0.39, 0.29) is 0 Å². The van der Waals surface area contributed by atoms with Crippen molar-refractivity contribution < 1.29 is 4.74 Å². The maximum Gasteiger partial charge on any atom is 0.136 e. The maximum absolute atomic E-state index is 5.95. The lowest BCUT2D eigenvalue weighted by Gasteiger charge is -2.06. The Bertz CT molecular complexity index is 487. The first-order chi connectivity index (χ1) is 6.74. The van der Waals surface area contributed by atoms with E-state index in [1.165, 1.54) is 0 Å². The molecule has 0 unspecified atom stereocenters. The minimum Gasteiger partial charge on any atom is -0.496 e. The molecule has 1 aromatic carbocycles. The molecule has 0 amide bonds. The number of fused-ring (bicyclic) bond motifs is 1. The third-order valence-electron chi connectivity index (χ3n) is 2.02. The van der Waals surface area contributed by atoms with Gasteiger partial charge < -0.3 is 4.74 Å². The largest absolute Gasteiger partial charge is 0.496 e. The van der Waals surface area contributed by atoms with Crippen LogP contribution >= 0.6 is 27.5 Å². The van der Waals surface area contributed by atoms with Crippen LogP contribution in [0, 0.1) is 0 Å². The van der Waals surface area contributed by atoms with E-state index >= 15 is 0 Å². The topological polar surface area (TPSA) is 22.1 Å². The van der Waals surface area contributed by atoms with Gasteiger partial charge in [0.15, 0.2) is 0 Å². The summed E-state index contributed by atoms with van der Waals surface area (Å²) in [5.41, 5.74) is 0. The van der Waals surface area contributed by atoms with Gasteiger partial charge in [-0.3, -0.25) is 0 Å². The third kappa shape index (κ3) is 1.47. The van der Waals surface area contributed by atoms with Crippen molar-refractivity contribution in [2.45, 2.75) is 0 Å². The van der Waals surface area contributed by atoms with Crippen LogP contribution in [0.1, 0.15) is 0 Å². The van der Waals surface area contributed by atoms with Crippen LogP contribution in [0.4, 0.5) is 0 Å². The van der Waals surface area contributed by atoms with E-state index < -0.39 is 0 Å². The smallest absolute Gasteiger partial charge is 0.136 e. The van der Waals surface area contributed by atoms with E-state index in [4.69, 9.17) is 16.3 Å². The van der Waals surface area contributed by atoms with Crippen molar-refractivity contribution in [1.29, 1.82) is 0 Å². The minimum atomic E-state index is 0.505. The molecule has 1 heterocycles. The van der Waals surface area contributed by atoms with Crippen LogP contribution in [0.25, 0.3) is 10.8 Å². The van der Waals surface area contributed by atoms with E-state index in [1.807, 2.05) is 18.2 Å². The van der Waals surface area contributed by atoms with Gasteiger partial charge in [0.2, 0.25) is 0 Å². The van der Waals surface area contributed by atoms with Crippen molar-refractivity contribution in [3.05, 3.63) is 34.0 Å². The highest BCUT2D eigenvalue weighted by Crippen LogP contribution is 2.34. The summed E-state index contributed by atoms with van der Waals surface area (Å²) in [5.74, 6) is 0.791. The summed E-state index contributed by atoms with van der Waals surface area (Å²) < 4.78 is 6.09. The molecule has 0 aliphatic heterocycles. The molecule has 2 aromatic rings. The number of methoxy groups -OCH3 is 1. The van der Waals surface area contributed by atoms with E-state index in [1.54, 1.807) is 13.3 Å². The molecule has 0 N–H and O–H groups in total. The van der Waals surface area contributed by atoms with Crippen molar-refractivity contribution >= 4 is 38.3 Å². The zero-order valence-corrected chi connectivity index (χ0v) is 9.76. The summed E-state index contributed by atoms with van der Waals surface area (Å²) in [6.07, 6.45) is 1.68. The number of hydrogen-bond acceptors (Lipinski definition) is 2. The van der Waals surface area contributed by atoms with Gasteiger partial charge >= 0.3 is 0 Å². The Morgan fingerprint density at radius 2 is 2.07 bits per heavy atom. The lowest BCUT2D eigenvalue weighted by Crippen LogP contribution is -1.86. The number of pyridine rings is 1. The molecule has 0 atom stereocenters. The fourth-order valence-electron chi connectivity index (χ4n) is 1.32. The van der Waals surface area contributed by atoms with Crippen molar-refractivity contribution in [3.8, 4) is 5.75 Å². The van der Waals surface area contributed by atoms with Crippen LogP contribution in [-0.2, 0) is 0 Å². The summed E-state index contributed by atoms with van der Waals surface area (Å²) in [5, 5.41) is 2.43. The quantitative estimate of drug-likeness (QED) is 0.739. The molecular weight excluding hydrogens is 265 g/mol. The predicted molar refractivity (Wildman–Crippen MR) is 61.0 cm³/mol. The first kappa shape index (κ1) is 9.74. The van der Waals surface area contributed by atoms with Crippen LogP contribution in [-0.4, -0.2) is 12.1 Å². The van der Waals surface area contributed by atoms with Crippen LogP contribution < -0.4 is 4.74 Å². The standard InChI is InChI=1S/C10H7BrClNO/c1-14-8-3-2-7-6(9(8)11)4-5-13-10(7)12/h2-5H,1H3. The molecular formula is C10H7BrClNO. The summed E-state index contributed by atoms with van der Waals surface area (Å²) in [6, 6.07) is 5.65. The first-order valence-corrected chi connectivity index (χ1v) is 5.18. The summed E-state index contributed by atoms with van der Waals surface area (Å²) in [7, 11) is 1.63. The Morgan fingerprint density at radius 3 is 2.79 bits per heavy atom. The summed E-state index contributed by atoms with van der Waals surface area (Å²) in [6.45, 7) is 0. The number of rotatable bonds is 1. The van der Waals surface area contributed by atoms with Gasteiger partial charge in [-0.2, -0.15) is 0 Å². The van der Waals surface area contributed by atoms with Gasteiger partial charge in [0.1, 0.15) is 10.9 Å². The van der Waals surface area contributed by atoms with Gasteiger partial charge in [0.05, 0.1) is 11.6 Å². The highest BCUT2D eigenvalue weighted by molar-refractivity contribution is 9.10. The number of nitrogens with zero attached hydrogens (tertiary/aromatic N) is 1. The number of benzene rings is 1. The number of halogens is 2. The molecule has 0 radical (unpaired) electrons.